The quantitative estimate of drug-likeness (QED) is 0.516. The zero-order valence-corrected chi connectivity index (χ0v) is 15.8. The maximum atomic E-state index is 11.3. The smallest absolute Gasteiger partial charge is 0.302 e. The Labute approximate surface area is 163 Å². The molecule has 0 spiro atoms. The van der Waals surface area contributed by atoms with Gasteiger partial charge >= 0.3 is 5.97 Å². The molecule has 2 aromatic carbocycles. The van der Waals surface area contributed by atoms with E-state index in [0.29, 0.717) is 24.3 Å². The third-order valence-electron chi connectivity index (χ3n) is 5.03. The standard InChI is InChI=1S/C21H24O7/c1-12(22)27-11-16-15(7-13-3-5-18(24)20(8-13)26-2)10-28-21(16)14-4-6-17(23)19(25)9-14/h3-6,8-9,15-16,21,23-25H,7,10-11H2,1-2H3. The number of aromatic hydroxyl groups is 3. The van der Waals surface area contributed by atoms with Gasteiger partial charge in [0.25, 0.3) is 0 Å². The van der Waals surface area contributed by atoms with Crippen LogP contribution in [0, 0.1) is 11.8 Å². The van der Waals surface area contributed by atoms with Gasteiger partial charge in [0, 0.05) is 12.8 Å². The summed E-state index contributed by atoms with van der Waals surface area (Å²) in [4.78, 5) is 11.3. The summed E-state index contributed by atoms with van der Waals surface area (Å²) in [6.45, 7) is 1.99. The molecule has 1 fully saturated rings. The van der Waals surface area contributed by atoms with Crippen molar-refractivity contribution < 1.29 is 34.3 Å². The summed E-state index contributed by atoms with van der Waals surface area (Å²) < 4.78 is 16.4. The van der Waals surface area contributed by atoms with Crippen molar-refractivity contribution in [3.05, 3.63) is 47.5 Å². The van der Waals surface area contributed by atoms with Gasteiger partial charge in [-0.2, -0.15) is 0 Å². The first-order valence-electron chi connectivity index (χ1n) is 9.01. The fraction of sp³-hybridized carbons (Fsp3) is 0.381. The molecule has 0 radical (unpaired) electrons. The van der Waals surface area contributed by atoms with Crippen LogP contribution in [-0.4, -0.2) is 41.6 Å². The Hall–Kier alpha value is -2.93. The number of esters is 1. The van der Waals surface area contributed by atoms with Gasteiger partial charge in [0.2, 0.25) is 0 Å². The zero-order valence-electron chi connectivity index (χ0n) is 15.8. The molecule has 2 aromatic rings. The van der Waals surface area contributed by atoms with Gasteiger partial charge in [-0.05, 0) is 47.7 Å². The Morgan fingerprint density at radius 1 is 1.11 bits per heavy atom. The van der Waals surface area contributed by atoms with Crippen LogP contribution in [0.5, 0.6) is 23.0 Å². The summed E-state index contributed by atoms with van der Waals surface area (Å²) in [6, 6.07) is 9.74. The summed E-state index contributed by atoms with van der Waals surface area (Å²) in [5.41, 5.74) is 1.67. The highest BCUT2D eigenvalue weighted by molar-refractivity contribution is 5.65. The molecule has 1 aliphatic rings. The second-order valence-electron chi connectivity index (χ2n) is 6.94. The van der Waals surface area contributed by atoms with E-state index in [9.17, 15) is 20.1 Å². The molecule has 1 saturated heterocycles. The number of methoxy groups -OCH3 is 1. The van der Waals surface area contributed by atoms with Crippen molar-refractivity contribution in [2.75, 3.05) is 20.3 Å². The molecule has 28 heavy (non-hydrogen) atoms. The lowest BCUT2D eigenvalue weighted by Gasteiger charge is -2.23. The summed E-state index contributed by atoms with van der Waals surface area (Å²) in [5, 5.41) is 29.2. The molecule has 7 heteroatoms. The molecule has 1 aliphatic heterocycles. The second-order valence-corrected chi connectivity index (χ2v) is 6.94. The first kappa shape index (κ1) is 19.8. The topological polar surface area (TPSA) is 105 Å². The molecule has 7 nitrogen and oxygen atoms in total. The Kier molecular flexibility index (Phi) is 5.94. The lowest BCUT2D eigenvalue weighted by molar-refractivity contribution is -0.143. The minimum absolute atomic E-state index is 0.0505. The molecule has 3 unspecified atom stereocenters. The van der Waals surface area contributed by atoms with Crippen LogP contribution in [0.2, 0.25) is 0 Å². The Morgan fingerprint density at radius 3 is 2.54 bits per heavy atom. The van der Waals surface area contributed by atoms with Crippen LogP contribution in [-0.2, 0) is 20.7 Å². The van der Waals surface area contributed by atoms with E-state index in [2.05, 4.69) is 0 Å². The Balaban J connectivity index is 1.83. The fourth-order valence-corrected chi connectivity index (χ4v) is 3.58. The van der Waals surface area contributed by atoms with Crippen LogP contribution < -0.4 is 4.74 Å². The number of phenolic OH excluding ortho intramolecular Hbond substituents is 3. The van der Waals surface area contributed by atoms with Crippen molar-refractivity contribution in [2.45, 2.75) is 19.4 Å². The molecule has 0 amide bonds. The minimum Gasteiger partial charge on any atom is -0.504 e. The normalized spacial score (nSPS) is 21.4. The molecule has 150 valence electrons. The molecular weight excluding hydrogens is 364 g/mol. The van der Waals surface area contributed by atoms with Gasteiger partial charge in [-0.3, -0.25) is 4.79 Å². The van der Waals surface area contributed by atoms with Gasteiger partial charge in [0.05, 0.1) is 26.4 Å². The molecule has 0 bridgehead atoms. The lowest BCUT2D eigenvalue weighted by atomic mass is 9.84. The van der Waals surface area contributed by atoms with Gasteiger partial charge in [0.1, 0.15) is 0 Å². The second kappa shape index (κ2) is 8.39. The average Bonchev–Trinajstić information content (AvgIpc) is 3.06. The van der Waals surface area contributed by atoms with Crippen LogP contribution in [0.3, 0.4) is 0 Å². The van der Waals surface area contributed by atoms with E-state index in [1.807, 2.05) is 6.07 Å². The highest BCUT2D eigenvalue weighted by Gasteiger charge is 2.39. The van der Waals surface area contributed by atoms with Crippen LogP contribution >= 0.6 is 0 Å². The largest absolute Gasteiger partial charge is 0.504 e. The SMILES string of the molecule is COc1cc(CC2COC(c3ccc(O)c(O)c3)C2COC(C)=O)ccc1O. The van der Waals surface area contributed by atoms with E-state index in [0.717, 1.165) is 5.56 Å². The first-order valence-corrected chi connectivity index (χ1v) is 9.01. The first-order chi connectivity index (χ1) is 13.4. The number of hydrogen-bond donors (Lipinski definition) is 3. The van der Waals surface area contributed by atoms with Gasteiger partial charge in [0.15, 0.2) is 23.0 Å². The van der Waals surface area contributed by atoms with E-state index >= 15 is 0 Å². The number of phenols is 3. The summed E-state index contributed by atoms with van der Waals surface area (Å²) in [6.07, 6.45) is 0.262. The molecule has 0 aromatic heterocycles. The maximum absolute atomic E-state index is 11.3. The highest BCUT2D eigenvalue weighted by atomic mass is 16.5. The van der Waals surface area contributed by atoms with Gasteiger partial charge in [-0.1, -0.05) is 12.1 Å². The van der Waals surface area contributed by atoms with E-state index in [1.54, 1.807) is 18.2 Å². The molecule has 0 saturated carbocycles. The number of ether oxygens (including phenoxy) is 3. The van der Waals surface area contributed by atoms with Crippen molar-refractivity contribution >= 4 is 5.97 Å². The number of rotatable bonds is 6. The van der Waals surface area contributed by atoms with E-state index < -0.39 is 0 Å². The van der Waals surface area contributed by atoms with Crippen molar-refractivity contribution in [3.8, 4) is 23.0 Å². The third-order valence-corrected chi connectivity index (χ3v) is 5.03. The minimum atomic E-state index is -0.380. The van der Waals surface area contributed by atoms with Crippen molar-refractivity contribution in [3.63, 3.8) is 0 Å². The van der Waals surface area contributed by atoms with Gasteiger partial charge in [-0.25, -0.2) is 0 Å². The Morgan fingerprint density at radius 2 is 1.86 bits per heavy atom. The molecule has 3 rings (SSSR count). The van der Waals surface area contributed by atoms with E-state index in [4.69, 9.17) is 14.2 Å². The summed E-state index contributed by atoms with van der Waals surface area (Å²) in [5.74, 6) is -0.410. The van der Waals surface area contributed by atoms with E-state index in [1.165, 1.54) is 26.2 Å². The predicted octanol–water partition coefficient (Wildman–Crippen LogP) is 2.92. The zero-order chi connectivity index (χ0) is 20.3. The molecular formula is C21H24O7. The van der Waals surface area contributed by atoms with Gasteiger partial charge < -0.3 is 29.5 Å². The predicted molar refractivity (Wildman–Crippen MR) is 100 cm³/mol. The van der Waals surface area contributed by atoms with Gasteiger partial charge in [-0.15, -0.1) is 0 Å². The van der Waals surface area contributed by atoms with Crippen LogP contribution in [0.1, 0.15) is 24.2 Å². The molecule has 3 N–H and O–H groups in total. The number of carbonyl (C=O) groups excluding carboxylic acids is 1. The molecule has 0 aliphatic carbocycles. The van der Waals surface area contributed by atoms with Crippen LogP contribution in [0.25, 0.3) is 0 Å². The van der Waals surface area contributed by atoms with Crippen LogP contribution in [0.15, 0.2) is 36.4 Å². The monoisotopic (exact) mass is 388 g/mol. The average molecular weight is 388 g/mol. The van der Waals surface area contributed by atoms with Crippen molar-refractivity contribution in [2.24, 2.45) is 11.8 Å². The number of carbonyl (C=O) groups is 1. The van der Waals surface area contributed by atoms with Crippen molar-refractivity contribution in [1.82, 2.24) is 0 Å². The highest BCUT2D eigenvalue weighted by Crippen LogP contribution is 2.42. The number of hydrogen-bond acceptors (Lipinski definition) is 7. The molecule has 1 heterocycles. The molecule has 3 atom stereocenters. The Bertz CT molecular complexity index is 849. The summed E-state index contributed by atoms with van der Waals surface area (Å²) in [7, 11) is 1.49. The van der Waals surface area contributed by atoms with Crippen molar-refractivity contribution in [1.29, 1.82) is 0 Å². The summed E-state index contributed by atoms with van der Waals surface area (Å²) >= 11 is 0. The fourth-order valence-electron chi connectivity index (χ4n) is 3.58. The number of benzene rings is 2. The maximum Gasteiger partial charge on any atom is 0.302 e. The van der Waals surface area contributed by atoms with Crippen LogP contribution in [0.4, 0.5) is 0 Å². The third kappa shape index (κ3) is 4.31. The lowest BCUT2D eigenvalue weighted by Crippen LogP contribution is -2.23. The van der Waals surface area contributed by atoms with E-state index in [-0.39, 0.29) is 47.8 Å².